The normalized spacial score (nSPS) is 13.9. The molecule has 3 rings (SSSR count). The van der Waals surface area contributed by atoms with Crippen LogP contribution in [0.3, 0.4) is 0 Å². The van der Waals surface area contributed by atoms with Gasteiger partial charge in [0.05, 0.1) is 13.7 Å². The molecule has 0 fully saturated rings. The summed E-state index contributed by atoms with van der Waals surface area (Å²) < 4.78 is 5.36. The maximum Gasteiger partial charge on any atom is 0.182 e. The Morgan fingerprint density at radius 3 is 2.77 bits per heavy atom. The minimum Gasteiger partial charge on any atom is -0.497 e. The number of carbonyl (C=O) groups is 1. The van der Waals surface area contributed by atoms with Crippen molar-refractivity contribution in [1.82, 2.24) is 0 Å². The Kier molecular flexibility index (Phi) is 5.99. The van der Waals surface area contributed by atoms with Gasteiger partial charge < -0.3 is 9.64 Å². The minimum absolute atomic E-state index is 0.0999. The molecule has 0 amide bonds. The second kappa shape index (κ2) is 8.41. The molecule has 0 bridgehead atoms. The summed E-state index contributed by atoms with van der Waals surface area (Å²) in [5.41, 5.74) is 3.88. The van der Waals surface area contributed by atoms with Crippen LogP contribution in [0.15, 0.2) is 47.5 Å². The number of hydrogen-bond acceptors (Lipinski definition) is 5. The first-order chi connectivity index (χ1) is 12.6. The molecule has 0 saturated carbocycles. The van der Waals surface area contributed by atoms with Gasteiger partial charge in [0.15, 0.2) is 11.0 Å². The van der Waals surface area contributed by atoms with E-state index in [1.165, 1.54) is 0 Å². The molecule has 2 aromatic carbocycles. The average molecular weight is 369 g/mol. The van der Waals surface area contributed by atoms with Gasteiger partial charge in [-0.05, 0) is 43.5 Å². The Hall–Kier alpha value is -2.27. The van der Waals surface area contributed by atoms with Gasteiger partial charge in [0, 0.05) is 29.6 Å². The van der Waals surface area contributed by atoms with Crippen molar-refractivity contribution in [2.75, 3.05) is 30.9 Å². The van der Waals surface area contributed by atoms with Gasteiger partial charge in [0.25, 0.3) is 0 Å². The van der Waals surface area contributed by atoms with E-state index in [1.807, 2.05) is 61.2 Å². The van der Waals surface area contributed by atoms with Crippen LogP contribution >= 0.6 is 11.8 Å². The number of methoxy groups -OCH3 is 1. The maximum atomic E-state index is 13.1. The standard InChI is InChI=1S/C21H24N2O2S/c1-15-7-4-10-19(16(15)2)20(24)14-23(21-22-11-6-12-26-21)17-8-5-9-18(13-17)25-3/h4-5,7-10,13H,6,11-12,14H2,1-3H3. The molecule has 136 valence electrons. The molecule has 0 unspecified atom stereocenters. The molecule has 1 aliphatic rings. The van der Waals surface area contributed by atoms with E-state index in [1.54, 1.807) is 18.9 Å². The lowest BCUT2D eigenvalue weighted by Gasteiger charge is -2.27. The third-order valence-corrected chi connectivity index (χ3v) is 5.68. The fourth-order valence-electron chi connectivity index (χ4n) is 2.94. The summed E-state index contributed by atoms with van der Waals surface area (Å²) in [6.07, 6.45) is 1.07. The molecule has 0 spiro atoms. The number of ether oxygens (including phenoxy) is 1. The first-order valence-corrected chi connectivity index (χ1v) is 9.77. The Morgan fingerprint density at radius 2 is 2.04 bits per heavy atom. The van der Waals surface area contributed by atoms with Crippen molar-refractivity contribution in [3.63, 3.8) is 0 Å². The number of amidine groups is 1. The lowest BCUT2D eigenvalue weighted by Crippen LogP contribution is -2.35. The first-order valence-electron chi connectivity index (χ1n) is 8.78. The monoisotopic (exact) mass is 368 g/mol. The summed E-state index contributed by atoms with van der Waals surface area (Å²) in [6, 6.07) is 13.7. The Bertz CT molecular complexity index is 833. The molecule has 0 aliphatic carbocycles. The van der Waals surface area contributed by atoms with E-state index in [-0.39, 0.29) is 12.3 Å². The summed E-state index contributed by atoms with van der Waals surface area (Å²) in [7, 11) is 1.65. The number of rotatable bonds is 5. The Morgan fingerprint density at radius 1 is 1.23 bits per heavy atom. The van der Waals surface area contributed by atoms with Gasteiger partial charge in [-0.3, -0.25) is 9.79 Å². The molecule has 1 aliphatic heterocycles. The Labute approximate surface area is 159 Å². The first kappa shape index (κ1) is 18.5. The lowest BCUT2D eigenvalue weighted by molar-refractivity contribution is 0.100. The number of hydrogen-bond donors (Lipinski definition) is 0. The average Bonchev–Trinajstić information content (AvgIpc) is 2.68. The Balaban J connectivity index is 1.94. The molecule has 26 heavy (non-hydrogen) atoms. The zero-order valence-corrected chi connectivity index (χ0v) is 16.3. The maximum absolute atomic E-state index is 13.1. The van der Waals surface area contributed by atoms with Gasteiger partial charge in [0.2, 0.25) is 0 Å². The molecule has 1 heterocycles. The van der Waals surface area contributed by atoms with E-state index >= 15 is 0 Å². The van der Waals surface area contributed by atoms with Crippen LogP contribution in [-0.2, 0) is 0 Å². The smallest absolute Gasteiger partial charge is 0.182 e. The van der Waals surface area contributed by atoms with Crippen molar-refractivity contribution >= 4 is 28.4 Å². The van der Waals surface area contributed by atoms with Crippen LogP contribution in [0, 0.1) is 13.8 Å². The van der Waals surface area contributed by atoms with Crippen LogP contribution in [0.2, 0.25) is 0 Å². The number of thioether (sulfide) groups is 1. The predicted molar refractivity (Wildman–Crippen MR) is 110 cm³/mol. The highest BCUT2D eigenvalue weighted by Crippen LogP contribution is 2.27. The number of ketones is 1. The number of benzene rings is 2. The van der Waals surface area contributed by atoms with E-state index in [2.05, 4.69) is 4.99 Å². The van der Waals surface area contributed by atoms with E-state index in [4.69, 9.17) is 4.74 Å². The topological polar surface area (TPSA) is 41.9 Å². The highest BCUT2D eigenvalue weighted by atomic mass is 32.2. The van der Waals surface area contributed by atoms with Gasteiger partial charge in [-0.15, -0.1) is 0 Å². The number of Topliss-reactive ketones (excluding diaryl/α,β-unsaturated/α-hetero) is 1. The number of anilines is 1. The van der Waals surface area contributed by atoms with Crippen LogP contribution in [0.1, 0.15) is 27.9 Å². The van der Waals surface area contributed by atoms with Crippen molar-refractivity contribution in [2.24, 2.45) is 4.99 Å². The van der Waals surface area contributed by atoms with Crippen molar-refractivity contribution in [3.8, 4) is 5.75 Å². The molecule has 2 aromatic rings. The second-order valence-corrected chi connectivity index (χ2v) is 7.39. The van der Waals surface area contributed by atoms with Gasteiger partial charge in [0.1, 0.15) is 5.75 Å². The molecule has 0 radical (unpaired) electrons. The fourth-order valence-corrected chi connectivity index (χ4v) is 3.91. The number of nitrogens with zero attached hydrogens (tertiary/aromatic N) is 2. The highest BCUT2D eigenvalue weighted by molar-refractivity contribution is 8.14. The van der Waals surface area contributed by atoms with Crippen LogP contribution < -0.4 is 9.64 Å². The SMILES string of the molecule is COc1cccc(N(CC(=O)c2cccc(C)c2C)C2=NCCCS2)c1. The molecule has 0 aromatic heterocycles. The zero-order chi connectivity index (χ0) is 18.5. The summed E-state index contributed by atoms with van der Waals surface area (Å²) in [6.45, 7) is 5.11. The largest absolute Gasteiger partial charge is 0.497 e. The second-order valence-electron chi connectivity index (χ2n) is 6.32. The molecule has 4 nitrogen and oxygen atoms in total. The van der Waals surface area contributed by atoms with Gasteiger partial charge in [-0.25, -0.2) is 0 Å². The summed E-state index contributed by atoms with van der Waals surface area (Å²) in [4.78, 5) is 19.7. The van der Waals surface area contributed by atoms with Gasteiger partial charge in [-0.1, -0.05) is 36.0 Å². The van der Waals surface area contributed by atoms with Gasteiger partial charge >= 0.3 is 0 Å². The van der Waals surface area contributed by atoms with Crippen LogP contribution in [0.25, 0.3) is 0 Å². The van der Waals surface area contributed by atoms with Crippen LogP contribution in [0.4, 0.5) is 5.69 Å². The van der Waals surface area contributed by atoms with Crippen molar-refractivity contribution in [3.05, 3.63) is 59.2 Å². The van der Waals surface area contributed by atoms with Crippen molar-refractivity contribution in [2.45, 2.75) is 20.3 Å². The zero-order valence-electron chi connectivity index (χ0n) is 15.5. The molecule has 0 atom stereocenters. The van der Waals surface area contributed by atoms with E-state index in [0.717, 1.165) is 52.0 Å². The molecular formula is C21H24N2O2S. The predicted octanol–water partition coefficient (Wildman–Crippen LogP) is 4.49. The van der Waals surface area contributed by atoms with Gasteiger partial charge in [-0.2, -0.15) is 0 Å². The van der Waals surface area contributed by atoms with Crippen molar-refractivity contribution in [1.29, 1.82) is 0 Å². The lowest BCUT2D eigenvalue weighted by atomic mass is 10.00. The quantitative estimate of drug-likeness (QED) is 0.729. The summed E-state index contributed by atoms with van der Waals surface area (Å²) in [5, 5.41) is 0.906. The third kappa shape index (κ3) is 4.10. The molecular weight excluding hydrogens is 344 g/mol. The molecule has 0 N–H and O–H groups in total. The number of aliphatic imine (C=N–C) groups is 1. The highest BCUT2D eigenvalue weighted by Gasteiger charge is 2.22. The van der Waals surface area contributed by atoms with E-state index in [9.17, 15) is 4.79 Å². The number of aryl methyl sites for hydroxylation is 1. The van der Waals surface area contributed by atoms with E-state index in [0.29, 0.717) is 0 Å². The molecule has 0 saturated heterocycles. The minimum atomic E-state index is 0.0999. The van der Waals surface area contributed by atoms with Crippen LogP contribution in [0.5, 0.6) is 5.75 Å². The van der Waals surface area contributed by atoms with Crippen LogP contribution in [-0.4, -0.2) is 36.9 Å². The van der Waals surface area contributed by atoms with Crippen molar-refractivity contribution < 1.29 is 9.53 Å². The number of carbonyl (C=O) groups excluding carboxylic acids is 1. The van der Waals surface area contributed by atoms with E-state index < -0.39 is 0 Å². The third-order valence-electron chi connectivity index (χ3n) is 4.58. The summed E-state index contributed by atoms with van der Waals surface area (Å²) in [5.74, 6) is 1.90. The summed E-state index contributed by atoms with van der Waals surface area (Å²) >= 11 is 1.71. The fraction of sp³-hybridized carbons (Fsp3) is 0.333. The molecule has 5 heteroatoms.